The fraction of sp³-hybridized carbons (Fsp3) is 0.417. The van der Waals surface area contributed by atoms with Crippen LogP contribution < -0.4 is 5.14 Å². The molecule has 0 fully saturated rings. The number of rotatable bonds is 5. The van der Waals surface area contributed by atoms with Gasteiger partial charge in [0.05, 0.1) is 11.6 Å². The van der Waals surface area contributed by atoms with Gasteiger partial charge in [0.2, 0.25) is 10.0 Å². The van der Waals surface area contributed by atoms with Gasteiger partial charge in [-0.2, -0.15) is 0 Å². The lowest BCUT2D eigenvalue weighted by Gasteiger charge is -2.17. The molecule has 0 saturated heterocycles. The molecule has 20 heavy (non-hydrogen) atoms. The van der Waals surface area contributed by atoms with Crippen molar-refractivity contribution >= 4 is 27.5 Å². The summed E-state index contributed by atoms with van der Waals surface area (Å²) in [5, 5.41) is 5.13. The number of carbonyl (C=O) groups excluding carboxylic acids is 1. The maximum absolute atomic E-state index is 12.2. The molecule has 0 heterocycles. The van der Waals surface area contributed by atoms with Gasteiger partial charge in [0, 0.05) is 26.3 Å². The molecule has 8 heteroatoms. The van der Waals surface area contributed by atoms with Crippen LogP contribution in [-0.2, 0) is 14.8 Å². The fourth-order valence-electron chi connectivity index (χ4n) is 1.62. The molecule has 0 aliphatic heterocycles. The molecular weight excluding hydrogens is 304 g/mol. The number of halogens is 1. The number of amides is 1. The van der Waals surface area contributed by atoms with Crippen LogP contribution in [-0.4, -0.2) is 46.5 Å². The Morgan fingerprint density at radius 3 is 2.55 bits per heavy atom. The van der Waals surface area contributed by atoms with E-state index in [0.29, 0.717) is 18.7 Å². The molecule has 0 aromatic heterocycles. The van der Waals surface area contributed by atoms with Crippen molar-refractivity contribution in [3.63, 3.8) is 0 Å². The van der Waals surface area contributed by atoms with Gasteiger partial charge >= 0.3 is 0 Å². The van der Waals surface area contributed by atoms with E-state index < -0.39 is 10.0 Å². The second-order valence-corrected chi connectivity index (χ2v) is 6.28. The fourth-order valence-corrected chi connectivity index (χ4v) is 2.75. The molecule has 0 spiro atoms. The minimum absolute atomic E-state index is 0.0311. The van der Waals surface area contributed by atoms with Gasteiger partial charge in [-0.05, 0) is 24.6 Å². The summed E-state index contributed by atoms with van der Waals surface area (Å²) in [6, 6.07) is 2.72. The van der Waals surface area contributed by atoms with Crippen LogP contribution in [0.4, 0.5) is 0 Å². The Balaban J connectivity index is 3.21. The Kier molecular flexibility index (Phi) is 5.52. The first-order chi connectivity index (χ1) is 9.18. The number of hydrogen-bond donors (Lipinski definition) is 1. The van der Waals surface area contributed by atoms with Gasteiger partial charge in [0.25, 0.3) is 5.91 Å². The third kappa shape index (κ3) is 3.92. The number of benzene rings is 1. The topological polar surface area (TPSA) is 89.7 Å². The van der Waals surface area contributed by atoms with Crippen LogP contribution in [0.5, 0.6) is 0 Å². The number of nitrogens with zero attached hydrogens (tertiary/aromatic N) is 1. The van der Waals surface area contributed by atoms with Gasteiger partial charge < -0.3 is 9.64 Å². The Morgan fingerprint density at radius 2 is 2.05 bits per heavy atom. The second kappa shape index (κ2) is 6.53. The summed E-state index contributed by atoms with van der Waals surface area (Å²) < 4.78 is 27.8. The number of ether oxygens (including phenoxy) is 1. The van der Waals surface area contributed by atoms with E-state index in [-0.39, 0.29) is 21.4 Å². The molecule has 1 amide bonds. The van der Waals surface area contributed by atoms with Crippen molar-refractivity contribution in [1.29, 1.82) is 0 Å². The van der Waals surface area contributed by atoms with Gasteiger partial charge in [-0.15, -0.1) is 0 Å². The van der Waals surface area contributed by atoms with Crippen LogP contribution in [0.1, 0.15) is 15.9 Å². The molecule has 2 N–H and O–H groups in total. The molecule has 0 aliphatic carbocycles. The van der Waals surface area contributed by atoms with Gasteiger partial charge in [0.1, 0.15) is 4.90 Å². The van der Waals surface area contributed by atoms with Crippen LogP contribution >= 0.6 is 11.6 Å². The number of carbonyl (C=O) groups is 1. The molecule has 0 aliphatic rings. The van der Waals surface area contributed by atoms with Gasteiger partial charge in [0.15, 0.2) is 0 Å². The molecule has 0 unspecified atom stereocenters. The zero-order chi connectivity index (χ0) is 15.5. The van der Waals surface area contributed by atoms with Crippen LogP contribution in [0.3, 0.4) is 0 Å². The number of likely N-dealkylation sites (N-methyl/N-ethyl adjacent to an activating group) is 1. The number of aryl methyl sites for hydroxylation is 1. The highest BCUT2D eigenvalue weighted by Crippen LogP contribution is 2.26. The van der Waals surface area contributed by atoms with Crippen LogP contribution in [0.25, 0.3) is 0 Å². The van der Waals surface area contributed by atoms with Crippen molar-refractivity contribution in [2.45, 2.75) is 11.8 Å². The van der Waals surface area contributed by atoms with E-state index in [1.54, 1.807) is 14.0 Å². The first-order valence-electron chi connectivity index (χ1n) is 5.75. The first-order valence-corrected chi connectivity index (χ1v) is 7.68. The molecule has 112 valence electrons. The number of nitrogens with two attached hydrogens (primary N) is 1. The zero-order valence-corrected chi connectivity index (χ0v) is 13.1. The predicted molar refractivity (Wildman–Crippen MR) is 76.4 cm³/mol. The lowest BCUT2D eigenvalue weighted by Crippen LogP contribution is -2.30. The monoisotopic (exact) mass is 320 g/mol. The van der Waals surface area contributed by atoms with E-state index in [0.717, 1.165) is 0 Å². The minimum Gasteiger partial charge on any atom is -0.383 e. The summed E-state index contributed by atoms with van der Waals surface area (Å²) in [6.07, 6.45) is 0. The summed E-state index contributed by atoms with van der Waals surface area (Å²) in [5.41, 5.74) is 0.691. The molecule has 0 bridgehead atoms. The highest BCUT2D eigenvalue weighted by Gasteiger charge is 2.20. The first kappa shape index (κ1) is 16.9. The normalized spacial score (nSPS) is 11.4. The Morgan fingerprint density at radius 1 is 1.45 bits per heavy atom. The van der Waals surface area contributed by atoms with Crippen molar-refractivity contribution in [2.24, 2.45) is 5.14 Å². The Hall–Kier alpha value is -1.15. The Bertz CT molecular complexity index is 616. The molecule has 6 nitrogen and oxygen atoms in total. The van der Waals surface area contributed by atoms with E-state index in [2.05, 4.69) is 0 Å². The van der Waals surface area contributed by atoms with Crippen LogP contribution in [0.15, 0.2) is 17.0 Å². The summed E-state index contributed by atoms with van der Waals surface area (Å²) in [7, 11) is -0.851. The lowest BCUT2D eigenvalue weighted by molar-refractivity contribution is 0.0744. The zero-order valence-electron chi connectivity index (χ0n) is 11.5. The number of sulfonamides is 1. The predicted octanol–water partition coefficient (Wildman–Crippen LogP) is 1.01. The highest BCUT2D eigenvalue weighted by atomic mass is 35.5. The average Bonchev–Trinajstić information content (AvgIpc) is 2.36. The van der Waals surface area contributed by atoms with E-state index in [9.17, 15) is 13.2 Å². The van der Waals surface area contributed by atoms with E-state index in [1.165, 1.54) is 24.1 Å². The largest absolute Gasteiger partial charge is 0.383 e. The molecule has 0 saturated carbocycles. The smallest absolute Gasteiger partial charge is 0.253 e. The van der Waals surface area contributed by atoms with Crippen LogP contribution in [0, 0.1) is 6.92 Å². The second-order valence-electron chi connectivity index (χ2n) is 4.37. The van der Waals surface area contributed by atoms with E-state index in [4.69, 9.17) is 21.5 Å². The van der Waals surface area contributed by atoms with Crippen LogP contribution in [0.2, 0.25) is 5.02 Å². The van der Waals surface area contributed by atoms with Crippen molar-refractivity contribution in [2.75, 3.05) is 27.3 Å². The molecule has 1 aromatic rings. The maximum atomic E-state index is 12.2. The third-order valence-corrected chi connectivity index (χ3v) is 4.30. The number of primary sulfonamides is 1. The van der Waals surface area contributed by atoms with Gasteiger partial charge in [-0.25, -0.2) is 13.6 Å². The Labute approximate surface area is 123 Å². The molecule has 1 rings (SSSR count). The number of hydrogen-bond acceptors (Lipinski definition) is 4. The molecule has 0 radical (unpaired) electrons. The lowest BCUT2D eigenvalue weighted by atomic mass is 10.1. The van der Waals surface area contributed by atoms with Crippen molar-refractivity contribution in [1.82, 2.24) is 4.90 Å². The SMILES string of the molecule is COCCN(C)C(=O)c1cc(C)c(Cl)c(S(N)(=O)=O)c1. The molecule has 0 atom stereocenters. The van der Waals surface area contributed by atoms with E-state index >= 15 is 0 Å². The summed E-state index contributed by atoms with van der Waals surface area (Å²) in [5.74, 6) is -0.327. The maximum Gasteiger partial charge on any atom is 0.253 e. The quantitative estimate of drug-likeness (QED) is 0.877. The number of methoxy groups -OCH3 is 1. The highest BCUT2D eigenvalue weighted by molar-refractivity contribution is 7.89. The molecular formula is C12H17ClN2O4S. The summed E-state index contributed by atoms with van der Waals surface area (Å²) in [6.45, 7) is 2.39. The van der Waals surface area contributed by atoms with Crippen molar-refractivity contribution in [3.05, 3.63) is 28.3 Å². The standard InChI is InChI=1S/C12H17ClN2O4S/c1-8-6-9(12(16)15(2)4-5-19-3)7-10(11(8)13)20(14,17)18/h6-7H,4-5H2,1-3H3,(H2,14,17,18). The minimum atomic E-state index is -3.98. The summed E-state index contributed by atoms with van der Waals surface area (Å²) in [4.78, 5) is 13.4. The van der Waals surface area contributed by atoms with Crippen molar-refractivity contribution in [3.8, 4) is 0 Å². The molecule has 1 aromatic carbocycles. The summed E-state index contributed by atoms with van der Waals surface area (Å²) >= 11 is 5.91. The van der Waals surface area contributed by atoms with Crippen molar-refractivity contribution < 1.29 is 17.9 Å². The average molecular weight is 321 g/mol. The van der Waals surface area contributed by atoms with Gasteiger partial charge in [-0.3, -0.25) is 4.79 Å². The van der Waals surface area contributed by atoms with Gasteiger partial charge in [-0.1, -0.05) is 11.6 Å². The third-order valence-electron chi connectivity index (χ3n) is 2.75. The van der Waals surface area contributed by atoms with E-state index in [1.807, 2.05) is 0 Å².